The van der Waals surface area contributed by atoms with Gasteiger partial charge in [0.15, 0.2) is 6.23 Å². The summed E-state index contributed by atoms with van der Waals surface area (Å²) in [5.74, 6) is 0.995. The minimum Gasteiger partial charge on any atom is -0.394 e. The maximum absolute atomic E-state index is 11.6. The lowest BCUT2D eigenvalue weighted by atomic mass is 10.2. The highest BCUT2D eigenvalue weighted by Crippen LogP contribution is 2.40. The molecule has 0 aliphatic carbocycles. The monoisotopic (exact) mass is 302 g/mol. The third-order valence-corrected chi connectivity index (χ3v) is 3.93. The van der Waals surface area contributed by atoms with Gasteiger partial charge in [-0.05, 0) is 6.07 Å². The Morgan fingerprint density at radius 3 is 3.09 bits per heavy atom. The highest BCUT2D eigenvalue weighted by molar-refractivity contribution is 6.06. The van der Waals surface area contributed by atoms with E-state index < -0.39 is 18.4 Å². The Labute approximate surface area is 124 Å². The fourth-order valence-corrected chi connectivity index (χ4v) is 2.95. The number of hydrogen-bond acceptors (Lipinski definition) is 7. The first kappa shape index (κ1) is 13.4. The van der Waals surface area contributed by atoms with Gasteiger partial charge >= 0.3 is 0 Å². The number of aliphatic hydroxyl groups excluding tert-OH is 2. The van der Waals surface area contributed by atoms with E-state index >= 15 is 0 Å². The molecule has 22 heavy (non-hydrogen) atoms. The summed E-state index contributed by atoms with van der Waals surface area (Å²) in [5, 5.41) is 23.7. The van der Waals surface area contributed by atoms with E-state index in [0.29, 0.717) is 23.4 Å². The molecule has 1 fully saturated rings. The summed E-state index contributed by atoms with van der Waals surface area (Å²) < 4.78 is 7.40. The minimum absolute atomic E-state index is 0.143. The largest absolute Gasteiger partial charge is 0.394 e. The van der Waals surface area contributed by atoms with E-state index in [4.69, 9.17) is 4.74 Å². The van der Waals surface area contributed by atoms with Gasteiger partial charge in [0.1, 0.15) is 17.7 Å². The van der Waals surface area contributed by atoms with Gasteiger partial charge < -0.3 is 24.8 Å². The molecule has 114 valence electrons. The summed E-state index contributed by atoms with van der Waals surface area (Å²) in [6.07, 6.45) is 1.82. The van der Waals surface area contributed by atoms with Crippen LogP contribution in [0.25, 0.3) is 10.8 Å². The molecule has 8 nitrogen and oxygen atoms in total. The van der Waals surface area contributed by atoms with Gasteiger partial charge in [-0.2, -0.15) is 4.98 Å². The molecule has 2 aliphatic heterocycles. The van der Waals surface area contributed by atoms with Crippen LogP contribution >= 0.6 is 0 Å². The predicted octanol–water partition coefficient (Wildman–Crippen LogP) is 0.122. The molecule has 3 atom stereocenters. The van der Waals surface area contributed by atoms with Gasteiger partial charge in [-0.1, -0.05) is 0 Å². The highest BCUT2D eigenvalue weighted by Gasteiger charge is 2.36. The van der Waals surface area contributed by atoms with Gasteiger partial charge in [0.25, 0.3) is 5.56 Å². The number of ether oxygens (including phenoxy) is 1. The lowest BCUT2D eigenvalue weighted by Gasteiger charge is -2.19. The molecule has 0 amide bonds. The molecule has 0 spiro atoms. The second-order valence-electron chi connectivity index (χ2n) is 5.36. The maximum atomic E-state index is 11.6. The minimum atomic E-state index is -0.736. The number of hydrogen-bond donors (Lipinski definition) is 3. The molecule has 8 heteroatoms. The highest BCUT2D eigenvalue weighted by atomic mass is 16.5. The summed E-state index contributed by atoms with van der Waals surface area (Å²) in [6.45, 7) is -0.143. The average Bonchev–Trinajstić information content (AvgIpc) is 3.01. The summed E-state index contributed by atoms with van der Waals surface area (Å²) in [4.78, 5) is 19.8. The van der Waals surface area contributed by atoms with Crippen molar-refractivity contribution in [2.75, 3.05) is 11.9 Å². The van der Waals surface area contributed by atoms with E-state index in [9.17, 15) is 15.0 Å². The van der Waals surface area contributed by atoms with Crippen LogP contribution < -0.4 is 10.9 Å². The Bertz CT molecular complexity index is 831. The molecule has 2 aromatic rings. The summed E-state index contributed by atoms with van der Waals surface area (Å²) in [6, 6.07) is 3.05. The smallest absolute Gasteiger partial charge is 0.271 e. The van der Waals surface area contributed by atoms with Gasteiger partial charge in [0, 0.05) is 24.1 Å². The van der Waals surface area contributed by atoms with E-state index in [1.54, 1.807) is 16.8 Å². The van der Waals surface area contributed by atoms with Crippen LogP contribution in [-0.4, -0.2) is 44.9 Å². The second-order valence-corrected chi connectivity index (χ2v) is 5.36. The fourth-order valence-electron chi connectivity index (χ4n) is 2.95. The number of anilines is 1. The summed E-state index contributed by atoms with van der Waals surface area (Å²) >= 11 is 0. The Morgan fingerprint density at radius 1 is 1.45 bits per heavy atom. The maximum Gasteiger partial charge on any atom is 0.271 e. The van der Waals surface area contributed by atoms with Crippen LogP contribution in [0.1, 0.15) is 12.6 Å². The Kier molecular flexibility index (Phi) is 2.96. The number of aliphatic hydroxyl groups is 2. The van der Waals surface area contributed by atoms with Crippen LogP contribution in [-0.2, 0) is 4.74 Å². The third kappa shape index (κ3) is 1.92. The van der Waals surface area contributed by atoms with Crippen molar-refractivity contribution in [1.82, 2.24) is 9.55 Å². The normalized spacial score (nSPS) is 26.4. The van der Waals surface area contributed by atoms with E-state index in [-0.39, 0.29) is 12.2 Å². The van der Waals surface area contributed by atoms with E-state index in [1.807, 2.05) is 0 Å². The SMILES string of the molecule is O=c1ccc2cn([C@@H]3O[C@H](CO)C[C@H]3O)c3c2c(n1)NC=N3. The van der Waals surface area contributed by atoms with Crippen LogP contribution in [0.15, 0.2) is 28.1 Å². The van der Waals surface area contributed by atoms with Crippen molar-refractivity contribution >= 4 is 28.7 Å². The Hall–Kier alpha value is -2.29. The number of nitrogens with zero attached hydrogens (tertiary/aromatic N) is 3. The van der Waals surface area contributed by atoms with Crippen LogP contribution in [0.5, 0.6) is 0 Å². The first-order chi connectivity index (χ1) is 10.7. The average molecular weight is 302 g/mol. The molecule has 0 saturated carbocycles. The lowest BCUT2D eigenvalue weighted by molar-refractivity contribution is -0.0492. The van der Waals surface area contributed by atoms with Crippen molar-refractivity contribution in [2.45, 2.75) is 24.9 Å². The molecule has 2 aliphatic rings. The van der Waals surface area contributed by atoms with Gasteiger partial charge in [-0.15, -0.1) is 0 Å². The molecule has 2 aromatic heterocycles. The van der Waals surface area contributed by atoms with E-state index in [0.717, 1.165) is 5.39 Å². The van der Waals surface area contributed by atoms with Gasteiger partial charge in [0.05, 0.1) is 24.4 Å². The zero-order valence-corrected chi connectivity index (χ0v) is 11.5. The fraction of sp³-hybridized carbons (Fsp3) is 0.357. The molecule has 0 unspecified atom stereocenters. The zero-order valence-electron chi connectivity index (χ0n) is 11.5. The molecule has 0 aromatic carbocycles. The zero-order chi connectivity index (χ0) is 15.3. The summed E-state index contributed by atoms with van der Waals surface area (Å²) in [5.41, 5.74) is -0.344. The van der Waals surface area contributed by atoms with Crippen molar-refractivity contribution in [1.29, 1.82) is 0 Å². The van der Waals surface area contributed by atoms with Crippen molar-refractivity contribution in [2.24, 2.45) is 4.99 Å². The first-order valence-electron chi connectivity index (χ1n) is 6.97. The predicted molar refractivity (Wildman–Crippen MR) is 79.4 cm³/mol. The van der Waals surface area contributed by atoms with Crippen molar-refractivity contribution in [3.05, 3.63) is 28.7 Å². The third-order valence-electron chi connectivity index (χ3n) is 3.93. The molecule has 1 saturated heterocycles. The number of aliphatic imine (C=N–C) groups is 1. The van der Waals surface area contributed by atoms with Crippen LogP contribution in [0, 0.1) is 0 Å². The van der Waals surface area contributed by atoms with Crippen molar-refractivity contribution in [3.63, 3.8) is 0 Å². The van der Waals surface area contributed by atoms with E-state index in [1.165, 1.54) is 12.4 Å². The Balaban J connectivity index is 1.91. The van der Waals surface area contributed by atoms with Crippen molar-refractivity contribution < 1.29 is 14.9 Å². The lowest BCUT2D eigenvalue weighted by Crippen LogP contribution is -2.19. The van der Waals surface area contributed by atoms with Gasteiger partial charge in [0.2, 0.25) is 0 Å². The summed E-state index contributed by atoms with van der Waals surface area (Å²) in [7, 11) is 0. The number of nitrogens with one attached hydrogen (secondary N) is 1. The Morgan fingerprint density at radius 2 is 2.32 bits per heavy atom. The van der Waals surface area contributed by atoms with Crippen molar-refractivity contribution in [3.8, 4) is 0 Å². The van der Waals surface area contributed by atoms with Gasteiger partial charge in [-0.25, -0.2) is 4.99 Å². The first-order valence-corrected chi connectivity index (χ1v) is 6.97. The molecular formula is C14H14N4O4. The number of rotatable bonds is 2. The van der Waals surface area contributed by atoms with Crippen LogP contribution in [0.2, 0.25) is 0 Å². The topological polar surface area (TPSA) is 109 Å². The molecule has 0 bridgehead atoms. The van der Waals surface area contributed by atoms with Crippen LogP contribution in [0.4, 0.5) is 11.6 Å². The molecule has 3 N–H and O–H groups in total. The molecule has 4 heterocycles. The quantitative estimate of drug-likeness (QED) is 0.727. The molecule has 4 rings (SSSR count). The molecule has 0 radical (unpaired) electrons. The molecular weight excluding hydrogens is 288 g/mol. The number of aromatic nitrogens is 2. The standard InChI is InChI=1S/C14H14N4O4/c19-5-8-3-9(20)14(22-8)18-4-7-1-2-10(21)17-12-11(7)13(18)16-6-15-12/h1-2,4,6,8-9,14,19-20H,3,5H2,(H,15,16,17,21)/t8-,9+,14+/m0/s1. The second kappa shape index (κ2) is 4.87. The van der Waals surface area contributed by atoms with E-state index in [2.05, 4.69) is 15.3 Å². The van der Waals surface area contributed by atoms with Gasteiger partial charge in [-0.3, -0.25) is 4.79 Å². The van der Waals surface area contributed by atoms with Crippen LogP contribution in [0.3, 0.4) is 0 Å².